The minimum atomic E-state index is -1.21. The van der Waals surface area contributed by atoms with E-state index in [4.69, 9.17) is 5.21 Å². The van der Waals surface area contributed by atoms with Gasteiger partial charge in [-0.2, -0.15) is 0 Å². The predicted molar refractivity (Wildman–Crippen MR) is 105 cm³/mol. The Morgan fingerprint density at radius 1 is 1.18 bits per heavy atom. The van der Waals surface area contributed by atoms with E-state index in [0.717, 1.165) is 16.1 Å². The Morgan fingerprint density at radius 3 is 2.39 bits per heavy atom. The van der Waals surface area contributed by atoms with Crippen LogP contribution in [0.3, 0.4) is 0 Å². The number of hydroxylamine groups is 1. The molecule has 0 saturated carbocycles. The number of urea groups is 1. The number of thiazole rings is 1. The second kappa shape index (κ2) is 9.00. The number of nitrogens with zero attached hydrogens (tertiary/aromatic N) is 3. The largest absolute Gasteiger partial charge is 0.391 e. The molecule has 0 spiro atoms. The summed E-state index contributed by atoms with van der Waals surface area (Å²) in [5.74, 6) is -0.858. The molecule has 2 atom stereocenters. The molecule has 2 aromatic rings. The summed E-state index contributed by atoms with van der Waals surface area (Å²) in [5, 5.41) is 20.8. The van der Waals surface area contributed by atoms with Gasteiger partial charge >= 0.3 is 6.03 Å². The number of hydrogen-bond donors (Lipinski definition) is 4. The molecule has 10 heteroatoms. The van der Waals surface area contributed by atoms with E-state index in [1.807, 2.05) is 6.20 Å². The molecule has 9 nitrogen and oxygen atoms in total. The lowest BCUT2D eigenvalue weighted by molar-refractivity contribution is -0.133. The van der Waals surface area contributed by atoms with E-state index in [0.29, 0.717) is 26.2 Å². The molecule has 0 bridgehead atoms. The topological polar surface area (TPSA) is 118 Å². The maximum Gasteiger partial charge on any atom is 0.318 e. The van der Waals surface area contributed by atoms with Gasteiger partial charge in [-0.3, -0.25) is 15.0 Å². The summed E-state index contributed by atoms with van der Waals surface area (Å²) in [4.78, 5) is 32.9. The zero-order chi connectivity index (χ0) is 20.1. The number of hydrogen-bond acceptors (Lipinski definition) is 7. The first kappa shape index (κ1) is 20.1. The molecule has 0 aliphatic carbocycles. The minimum absolute atomic E-state index is 0.449. The van der Waals surface area contributed by atoms with Crippen molar-refractivity contribution in [2.75, 3.05) is 31.1 Å². The highest BCUT2D eigenvalue weighted by atomic mass is 32.1. The zero-order valence-corrected chi connectivity index (χ0v) is 16.2. The number of benzene rings is 1. The smallest absolute Gasteiger partial charge is 0.318 e. The first-order chi connectivity index (χ1) is 13.5. The van der Waals surface area contributed by atoms with Crippen molar-refractivity contribution in [2.24, 2.45) is 0 Å². The van der Waals surface area contributed by atoms with Gasteiger partial charge in [0.05, 0.1) is 16.5 Å². The molecule has 1 aliphatic rings. The standard InChI is InChI=1S/C18H23N5O4S/c1-12(24)16(17(25)21-27)20-18(26)23-8-6-22(7-9-23)14-4-2-13(3-5-14)15-10-19-11-28-15/h2-5,10-12,16,24,27H,6-9H2,1H3,(H,20,26)(H,21,25)/t12-,16-/m1/s1. The summed E-state index contributed by atoms with van der Waals surface area (Å²) in [5.41, 5.74) is 5.46. The molecule has 0 radical (unpaired) electrons. The molecule has 1 saturated heterocycles. The number of nitrogens with one attached hydrogen (secondary N) is 2. The fraction of sp³-hybridized carbons (Fsp3) is 0.389. The van der Waals surface area contributed by atoms with Crippen LogP contribution >= 0.6 is 11.3 Å². The minimum Gasteiger partial charge on any atom is -0.391 e. The monoisotopic (exact) mass is 405 g/mol. The molecular formula is C18H23N5O4S. The Morgan fingerprint density at radius 2 is 1.86 bits per heavy atom. The predicted octanol–water partition coefficient (Wildman–Crippen LogP) is 0.896. The summed E-state index contributed by atoms with van der Waals surface area (Å²) in [6.07, 6.45) is 0.712. The number of carbonyl (C=O) groups excluding carboxylic acids is 2. The third-order valence-electron chi connectivity index (χ3n) is 4.67. The number of piperazine rings is 1. The van der Waals surface area contributed by atoms with Gasteiger partial charge in [-0.15, -0.1) is 11.3 Å². The molecular weight excluding hydrogens is 382 g/mol. The maximum atomic E-state index is 12.4. The highest BCUT2D eigenvalue weighted by Gasteiger charge is 2.29. The van der Waals surface area contributed by atoms with Gasteiger partial charge in [0, 0.05) is 38.1 Å². The number of aromatic nitrogens is 1. The lowest BCUT2D eigenvalue weighted by Gasteiger charge is -2.36. The number of rotatable bonds is 5. The van der Waals surface area contributed by atoms with Gasteiger partial charge in [0.2, 0.25) is 0 Å². The number of anilines is 1. The van der Waals surface area contributed by atoms with Crippen LogP contribution in [0.4, 0.5) is 10.5 Å². The molecule has 0 unspecified atom stereocenters. The van der Waals surface area contributed by atoms with Crippen LogP contribution in [0.2, 0.25) is 0 Å². The normalized spacial score (nSPS) is 16.4. The van der Waals surface area contributed by atoms with E-state index >= 15 is 0 Å². The van der Waals surface area contributed by atoms with Gasteiger partial charge < -0.3 is 20.2 Å². The fourth-order valence-corrected chi connectivity index (χ4v) is 3.69. The number of carbonyl (C=O) groups is 2. The van der Waals surface area contributed by atoms with Crippen molar-refractivity contribution < 1.29 is 19.9 Å². The van der Waals surface area contributed by atoms with Gasteiger partial charge in [0.25, 0.3) is 5.91 Å². The average Bonchev–Trinajstić information content (AvgIpc) is 3.26. The van der Waals surface area contributed by atoms with E-state index in [-0.39, 0.29) is 0 Å². The average molecular weight is 405 g/mol. The third kappa shape index (κ3) is 4.58. The second-order valence-corrected chi connectivity index (χ2v) is 7.42. The summed E-state index contributed by atoms with van der Waals surface area (Å²) in [6, 6.07) is 6.56. The van der Waals surface area contributed by atoms with Crippen LogP contribution in [0.5, 0.6) is 0 Å². The molecule has 150 valence electrons. The van der Waals surface area contributed by atoms with Crippen LogP contribution in [0.1, 0.15) is 6.92 Å². The molecule has 1 aromatic carbocycles. The van der Waals surface area contributed by atoms with Crippen LogP contribution in [0.15, 0.2) is 36.0 Å². The number of aliphatic hydroxyl groups excluding tert-OH is 1. The molecule has 1 aliphatic heterocycles. The second-order valence-electron chi connectivity index (χ2n) is 6.53. The molecule has 4 N–H and O–H groups in total. The summed E-state index contributed by atoms with van der Waals surface area (Å²) >= 11 is 1.59. The molecule has 2 heterocycles. The van der Waals surface area contributed by atoms with Crippen molar-refractivity contribution in [3.8, 4) is 10.4 Å². The Bertz CT molecular complexity index is 789. The van der Waals surface area contributed by atoms with Crippen LogP contribution < -0.4 is 15.7 Å². The third-order valence-corrected chi connectivity index (χ3v) is 5.49. The summed E-state index contributed by atoms with van der Waals surface area (Å²) in [6.45, 7) is 3.64. The fourth-order valence-electron chi connectivity index (χ4n) is 3.06. The molecule has 3 rings (SSSR count). The van der Waals surface area contributed by atoms with Crippen molar-refractivity contribution in [1.29, 1.82) is 0 Å². The highest BCUT2D eigenvalue weighted by Crippen LogP contribution is 2.26. The maximum absolute atomic E-state index is 12.4. The van der Waals surface area contributed by atoms with E-state index in [2.05, 4.69) is 39.5 Å². The van der Waals surface area contributed by atoms with E-state index in [9.17, 15) is 14.7 Å². The van der Waals surface area contributed by atoms with Gasteiger partial charge in [0.15, 0.2) is 0 Å². The van der Waals surface area contributed by atoms with Crippen molar-refractivity contribution in [1.82, 2.24) is 20.7 Å². The Balaban J connectivity index is 1.55. The van der Waals surface area contributed by atoms with Crippen molar-refractivity contribution in [2.45, 2.75) is 19.1 Å². The first-order valence-electron chi connectivity index (χ1n) is 8.91. The number of aliphatic hydroxyl groups is 1. The number of amides is 3. The SMILES string of the molecule is C[C@@H](O)[C@@H](NC(=O)N1CCN(c2ccc(-c3cncs3)cc2)CC1)C(=O)NO. The molecule has 28 heavy (non-hydrogen) atoms. The van der Waals surface area contributed by atoms with Crippen LogP contribution in [0.25, 0.3) is 10.4 Å². The highest BCUT2D eigenvalue weighted by molar-refractivity contribution is 7.13. The lowest BCUT2D eigenvalue weighted by atomic mass is 10.1. The van der Waals surface area contributed by atoms with E-state index < -0.39 is 24.1 Å². The Kier molecular flexibility index (Phi) is 6.45. The Labute approximate surface area is 166 Å². The van der Waals surface area contributed by atoms with Gasteiger partial charge in [0.1, 0.15) is 6.04 Å². The lowest BCUT2D eigenvalue weighted by Crippen LogP contribution is -2.58. The van der Waals surface area contributed by atoms with Crippen LogP contribution in [-0.2, 0) is 4.79 Å². The van der Waals surface area contributed by atoms with Crippen molar-refractivity contribution in [3.63, 3.8) is 0 Å². The van der Waals surface area contributed by atoms with Crippen molar-refractivity contribution in [3.05, 3.63) is 36.0 Å². The van der Waals surface area contributed by atoms with Gasteiger partial charge in [-0.05, 0) is 24.6 Å². The first-order valence-corrected chi connectivity index (χ1v) is 9.79. The molecule has 1 aromatic heterocycles. The zero-order valence-electron chi connectivity index (χ0n) is 15.4. The van der Waals surface area contributed by atoms with Gasteiger partial charge in [-0.25, -0.2) is 10.3 Å². The van der Waals surface area contributed by atoms with Crippen LogP contribution in [0, 0.1) is 0 Å². The Hall–Kier alpha value is -2.69. The van der Waals surface area contributed by atoms with Crippen molar-refractivity contribution >= 4 is 29.0 Å². The van der Waals surface area contributed by atoms with Crippen LogP contribution in [-0.4, -0.2) is 70.5 Å². The quantitative estimate of drug-likeness (QED) is 0.434. The molecule has 3 amide bonds. The summed E-state index contributed by atoms with van der Waals surface area (Å²) < 4.78 is 0. The van der Waals surface area contributed by atoms with E-state index in [1.165, 1.54) is 12.4 Å². The van der Waals surface area contributed by atoms with E-state index in [1.54, 1.807) is 21.7 Å². The molecule has 1 fully saturated rings. The van der Waals surface area contributed by atoms with Gasteiger partial charge in [-0.1, -0.05) is 12.1 Å². The summed E-state index contributed by atoms with van der Waals surface area (Å²) in [7, 11) is 0.